The van der Waals surface area contributed by atoms with E-state index in [1.54, 1.807) is 18.2 Å². The fourth-order valence-electron chi connectivity index (χ4n) is 2.77. The summed E-state index contributed by atoms with van der Waals surface area (Å²) < 4.78 is 19.2. The summed E-state index contributed by atoms with van der Waals surface area (Å²) in [6.45, 7) is 2.96. The molecule has 2 N–H and O–H groups in total. The lowest BCUT2D eigenvalue weighted by molar-refractivity contribution is 0.0971. The molecule has 112 valence electrons. The van der Waals surface area contributed by atoms with Gasteiger partial charge in [0.25, 0.3) is 0 Å². The molecule has 1 aromatic rings. The molecule has 1 aromatic carbocycles. The molecule has 2 atom stereocenters. The summed E-state index contributed by atoms with van der Waals surface area (Å²) in [5, 5.41) is 0. The van der Waals surface area contributed by atoms with Crippen LogP contribution in [-0.4, -0.2) is 62.7 Å². The van der Waals surface area contributed by atoms with E-state index in [2.05, 4.69) is 23.9 Å². The van der Waals surface area contributed by atoms with Gasteiger partial charge in [0.1, 0.15) is 0 Å². The van der Waals surface area contributed by atoms with Crippen LogP contribution in [0.5, 0.6) is 5.75 Å². The minimum Gasteiger partial charge on any atom is -0.494 e. The lowest BCUT2D eigenvalue weighted by Gasteiger charge is -2.40. The van der Waals surface area contributed by atoms with Gasteiger partial charge in [0.15, 0.2) is 11.6 Å². The topological polar surface area (TPSA) is 41.7 Å². The van der Waals surface area contributed by atoms with Crippen molar-refractivity contribution in [3.63, 3.8) is 0 Å². The van der Waals surface area contributed by atoms with Crippen molar-refractivity contribution in [2.24, 2.45) is 5.73 Å². The molecule has 0 aliphatic carbocycles. The van der Waals surface area contributed by atoms with Gasteiger partial charge in [-0.2, -0.15) is 0 Å². The van der Waals surface area contributed by atoms with E-state index in [9.17, 15) is 4.39 Å². The first-order valence-electron chi connectivity index (χ1n) is 6.98. The highest BCUT2D eigenvalue weighted by Gasteiger charge is 2.28. The molecule has 0 radical (unpaired) electrons. The molecule has 0 bridgehead atoms. The molecule has 2 rings (SSSR count). The molecular formula is C15H24FN3O. The van der Waals surface area contributed by atoms with Crippen molar-refractivity contribution in [2.45, 2.75) is 18.5 Å². The largest absolute Gasteiger partial charge is 0.494 e. The zero-order chi connectivity index (χ0) is 14.7. The van der Waals surface area contributed by atoms with Gasteiger partial charge in [0.05, 0.1) is 7.11 Å². The number of methoxy groups -OCH3 is 1. The van der Waals surface area contributed by atoms with E-state index < -0.39 is 0 Å². The molecule has 2 unspecified atom stereocenters. The Labute approximate surface area is 120 Å². The fourth-order valence-corrected chi connectivity index (χ4v) is 2.77. The number of halogens is 1. The van der Waals surface area contributed by atoms with Gasteiger partial charge in [0.2, 0.25) is 0 Å². The SMILES string of the molecule is COc1cccc(CC(N)C2CN(C)CCN2C)c1F. The molecule has 1 aliphatic heterocycles. The van der Waals surface area contributed by atoms with E-state index in [1.807, 2.05) is 0 Å². The van der Waals surface area contributed by atoms with Crippen LogP contribution in [0.1, 0.15) is 5.56 Å². The molecule has 1 saturated heterocycles. The molecule has 1 aliphatic rings. The third-order valence-corrected chi connectivity index (χ3v) is 4.11. The maximum absolute atomic E-state index is 14.2. The second-order valence-electron chi connectivity index (χ2n) is 5.61. The van der Waals surface area contributed by atoms with Gasteiger partial charge < -0.3 is 15.4 Å². The molecule has 1 heterocycles. The Bertz CT molecular complexity index is 455. The Balaban J connectivity index is 2.09. The summed E-state index contributed by atoms with van der Waals surface area (Å²) in [6, 6.07) is 5.37. The van der Waals surface area contributed by atoms with Crippen LogP contribution in [0, 0.1) is 5.82 Å². The predicted molar refractivity (Wildman–Crippen MR) is 78.5 cm³/mol. The third-order valence-electron chi connectivity index (χ3n) is 4.11. The minimum atomic E-state index is -0.294. The summed E-state index contributed by atoms with van der Waals surface area (Å²) in [5.41, 5.74) is 6.94. The van der Waals surface area contributed by atoms with Gasteiger partial charge in [-0.15, -0.1) is 0 Å². The summed E-state index contributed by atoms with van der Waals surface area (Å²) in [7, 11) is 5.66. The van der Waals surface area contributed by atoms with E-state index in [-0.39, 0.29) is 23.7 Å². The normalized spacial score (nSPS) is 22.8. The van der Waals surface area contributed by atoms with Crippen LogP contribution in [-0.2, 0) is 6.42 Å². The molecule has 4 nitrogen and oxygen atoms in total. The fraction of sp³-hybridized carbons (Fsp3) is 0.600. The summed E-state index contributed by atoms with van der Waals surface area (Å²) in [4.78, 5) is 4.54. The van der Waals surface area contributed by atoms with Crippen molar-refractivity contribution < 1.29 is 9.13 Å². The number of hydrogen-bond donors (Lipinski definition) is 1. The lowest BCUT2D eigenvalue weighted by Crippen LogP contribution is -2.58. The highest BCUT2D eigenvalue weighted by Crippen LogP contribution is 2.22. The van der Waals surface area contributed by atoms with Gasteiger partial charge in [-0.3, -0.25) is 4.90 Å². The van der Waals surface area contributed by atoms with Crippen LogP contribution in [0.25, 0.3) is 0 Å². The molecule has 5 heteroatoms. The van der Waals surface area contributed by atoms with Gasteiger partial charge in [0, 0.05) is 31.7 Å². The number of ether oxygens (including phenoxy) is 1. The van der Waals surface area contributed by atoms with Crippen molar-refractivity contribution in [3.8, 4) is 5.75 Å². The van der Waals surface area contributed by atoms with Crippen LogP contribution in [0.4, 0.5) is 4.39 Å². The monoisotopic (exact) mass is 281 g/mol. The van der Waals surface area contributed by atoms with E-state index in [4.69, 9.17) is 10.5 Å². The van der Waals surface area contributed by atoms with E-state index in [0.717, 1.165) is 19.6 Å². The van der Waals surface area contributed by atoms with E-state index in [1.165, 1.54) is 7.11 Å². The van der Waals surface area contributed by atoms with Gasteiger partial charge in [-0.05, 0) is 32.1 Å². The highest BCUT2D eigenvalue weighted by molar-refractivity contribution is 5.31. The maximum atomic E-state index is 14.2. The third kappa shape index (κ3) is 3.29. The van der Waals surface area contributed by atoms with E-state index in [0.29, 0.717) is 12.0 Å². The van der Waals surface area contributed by atoms with Crippen LogP contribution >= 0.6 is 0 Å². The van der Waals surface area contributed by atoms with Crippen LogP contribution in [0.15, 0.2) is 18.2 Å². The number of nitrogens with zero attached hydrogens (tertiary/aromatic N) is 2. The molecule has 0 aromatic heterocycles. The van der Waals surface area contributed by atoms with Crippen molar-refractivity contribution in [3.05, 3.63) is 29.6 Å². The van der Waals surface area contributed by atoms with Crippen molar-refractivity contribution in [2.75, 3.05) is 40.8 Å². The number of rotatable bonds is 4. The average Bonchev–Trinajstić information content (AvgIpc) is 2.43. The van der Waals surface area contributed by atoms with E-state index >= 15 is 0 Å². The number of nitrogens with two attached hydrogens (primary N) is 1. The number of benzene rings is 1. The highest BCUT2D eigenvalue weighted by atomic mass is 19.1. The first-order chi connectivity index (χ1) is 9.52. The van der Waals surface area contributed by atoms with Crippen LogP contribution < -0.4 is 10.5 Å². The second-order valence-corrected chi connectivity index (χ2v) is 5.61. The number of piperazine rings is 1. The summed E-state index contributed by atoms with van der Waals surface area (Å²) >= 11 is 0. The Morgan fingerprint density at radius 2 is 2.15 bits per heavy atom. The van der Waals surface area contributed by atoms with Crippen molar-refractivity contribution >= 4 is 0 Å². The van der Waals surface area contributed by atoms with Crippen molar-refractivity contribution in [1.29, 1.82) is 0 Å². The van der Waals surface area contributed by atoms with Crippen LogP contribution in [0.3, 0.4) is 0 Å². The summed E-state index contributed by atoms with van der Waals surface area (Å²) in [6.07, 6.45) is 0.520. The van der Waals surface area contributed by atoms with Crippen molar-refractivity contribution in [1.82, 2.24) is 9.80 Å². The first-order valence-corrected chi connectivity index (χ1v) is 6.98. The van der Waals surface area contributed by atoms with Gasteiger partial charge in [-0.25, -0.2) is 4.39 Å². The predicted octanol–water partition coefficient (Wildman–Crippen LogP) is 0.950. The number of hydrogen-bond acceptors (Lipinski definition) is 4. The minimum absolute atomic E-state index is 0.0932. The van der Waals surface area contributed by atoms with Crippen LogP contribution in [0.2, 0.25) is 0 Å². The average molecular weight is 281 g/mol. The molecule has 1 fully saturated rings. The molecule has 20 heavy (non-hydrogen) atoms. The zero-order valence-corrected chi connectivity index (χ0v) is 12.5. The maximum Gasteiger partial charge on any atom is 0.168 e. The van der Waals surface area contributed by atoms with Gasteiger partial charge in [-0.1, -0.05) is 12.1 Å². The standard InChI is InChI=1S/C15H24FN3O/c1-18-7-8-19(2)13(10-18)12(17)9-11-5-4-6-14(20-3)15(11)16/h4-6,12-13H,7-10,17H2,1-3H3. The second kappa shape index (κ2) is 6.52. The smallest absolute Gasteiger partial charge is 0.168 e. The summed E-state index contributed by atoms with van der Waals surface area (Å²) in [5.74, 6) is -0.0129. The zero-order valence-electron chi connectivity index (χ0n) is 12.5. The number of likely N-dealkylation sites (N-methyl/N-ethyl adjacent to an activating group) is 2. The molecule has 0 amide bonds. The Kier molecular flexibility index (Phi) is 4.96. The Hall–Kier alpha value is -1.17. The molecular weight excluding hydrogens is 257 g/mol. The van der Waals surface area contributed by atoms with Gasteiger partial charge >= 0.3 is 0 Å². The quantitative estimate of drug-likeness (QED) is 0.892. The first kappa shape index (κ1) is 15.2. The molecule has 0 saturated carbocycles. The Morgan fingerprint density at radius 1 is 1.40 bits per heavy atom. The lowest BCUT2D eigenvalue weighted by atomic mass is 9.97. The molecule has 0 spiro atoms. The Morgan fingerprint density at radius 3 is 2.85 bits per heavy atom.